The number of hydrogen-bond acceptors (Lipinski definition) is 5. The average Bonchev–Trinajstić information content (AvgIpc) is 2.97. The monoisotopic (exact) mass is 373 g/mol. The van der Waals surface area contributed by atoms with E-state index in [0.717, 1.165) is 29.6 Å². The molecule has 1 amide bonds. The second kappa shape index (κ2) is 8.62. The third-order valence-electron chi connectivity index (χ3n) is 4.72. The van der Waals surface area contributed by atoms with Gasteiger partial charge in [-0.1, -0.05) is 0 Å². The quantitative estimate of drug-likeness (QED) is 0.732. The molecule has 2 saturated heterocycles. The summed E-state index contributed by atoms with van der Waals surface area (Å²) in [5.74, 6) is 0.824. The summed E-state index contributed by atoms with van der Waals surface area (Å²) in [6.45, 7) is 7.46. The molecule has 0 aromatic heterocycles. The summed E-state index contributed by atoms with van der Waals surface area (Å²) >= 11 is 1.44. The molecule has 0 atom stereocenters. The zero-order chi connectivity index (χ0) is 18.5. The van der Waals surface area contributed by atoms with Gasteiger partial charge in [0.05, 0.1) is 12.0 Å². The molecule has 1 aromatic rings. The highest BCUT2D eigenvalue weighted by atomic mass is 32.2. The number of piperidine rings is 1. The fourth-order valence-electron chi connectivity index (χ4n) is 3.35. The lowest BCUT2D eigenvalue weighted by Gasteiger charge is -2.29. The average molecular weight is 374 g/mol. The molecule has 5 nitrogen and oxygen atoms in total. The number of carbonyl (C=O) groups excluding carboxylic acids is 1. The third-order valence-corrected chi connectivity index (χ3v) is 5.77. The van der Waals surface area contributed by atoms with Crippen LogP contribution in [0.4, 0.5) is 5.69 Å². The Morgan fingerprint density at radius 3 is 2.65 bits per heavy atom. The Labute approximate surface area is 160 Å². The van der Waals surface area contributed by atoms with Gasteiger partial charge >= 0.3 is 0 Å². The van der Waals surface area contributed by atoms with E-state index in [1.807, 2.05) is 19.9 Å². The molecule has 2 fully saturated rings. The number of likely N-dealkylation sites (N-methyl/N-ethyl adjacent to an activating group) is 1. The molecule has 2 aliphatic heterocycles. The van der Waals surface area contributed by atoms with E-state index in [4.69, 9.17) is 4.74 Å². The number of aliphatic imine (C=N–C) groups is 1. The lowest BCUT2D eigenvalue weighted by Crippen LogP contribution is -2.29. The van der Waals surface area contributed by atoms with Gasteiger partial charge in [0.1, 0.15) is 5.75 Å². The Bertz CT molecular complexity index is 724. The van der Waals surface area contributed by atoms with Gasteiger partial charge in [-0.2, -0.15) is 0 Å². The van der Waals surface area contributed by atoms with E-state index >= 15 is 0 Å². The number of amidine groups is 1. The van der Waals surface area contributed by atoms with Crippen LogP contribution in [0.2, 0.25) is 0 Å². The van der Waals surface area contributed by atoms with Gasteiger partial charge in [0.15, 0.2) is 5.17 Å². The predicted molar refractivity (Wildman–Crippen MR) is 110 cm³/mol. The number of benzene rings is 1. The summed E-state index contributed by atoms with van der Waals surface area (Å²) in [5.41, 5.74) is 2.12. The Kier molecular flexibility index (Phi) is 6.25. The molecular formula is C20H27N3O2S. The van der Waals surface area contributed by atoms with E-state index in [9.17, 15) is 4.79 Å². The van der Waals surface area contributed by atoms with Crippen molar-refractivity contribution in [1.82, 2.24) is 4.90 Å². The standard InChI is InChI=1S/C20H27N3O2S/c1-4-21-20-23(5-2)19(24)18(26-20)13-15-9-10-16(14-17(15)25-3)22-11-7-6-8-12-22/h9-10,13-14H,4-8,11-12H2,1-3H3/b18-13-,21-20?. The molecule has 0 bridgehead atoms. The largest absolute Gasteiger partial charge is 0.496 e. The van der Waals surface area contributed by atoms with Crippen molar-refractivity contribution in [2.75, 3.05) is 38.2 Å². The Hall–Kier alpha value is -1.95. The number of methoxy groups -OCH3 is 1. The number of hydrogen-bond donors (Lipinski definition) is 0. The van der Waals surface area contributed by atoms with E-state index in [1.165, 1.54) is 36.7 Å². The first-order valence-electron chi connectivity index (χ1n) is 9.36. The van der Waals surface area contributed by atoms with Gasteiger partial charge in [0.2, 0.25) is 0 Å². The maximum Gasteiger partial charge on any atom is 0.266 e. The van der Waals surface area contributed by atoms with E-state index in [0.29, 0.717) is 18.0 Å². The van der Waals surface area contributed by atoms with Crippen molar-refractivity contribution < 1.29 is 9.53 Å². The minimum atomic E-state index is 0.0202. The molecular weight excluding hydrogens is 346 g/mol. The number of amides is 1. The van der Waals surface area contributed by atoms with Crippen molar-refractivity contribution in [3.63, 3.8) is 0 Å². The van der Waals surface area contributed by atoms with Crippen LogP contribution >= 0.6 is 11.8 Å². The first kappa shape index (κ1) is 18.8. The molecule has 1 aromatic carbocycles. The molecule has 2 heterocycles. The molecule has 26 heavy (non-hydrogen) atoms. The van der Waals surface area contributed by atoms with Crippen LogP contribution in [-0.4, -0.2) is 49.3 Å². The number of nitrogens with zero attached hydrogens (tertiary/aromatic N) is 3. The van der Waals surface area contributed by atoms with Crippen LogP contribution in [-0.2, 0) is 4.79 Å². The Morgan fingerprint density at radius 2 is 2.00 bits per heavy atom. The van der Waals surface area contributed by atoms with Crippen molar-refractivity contribution in [2.24, 2.45) is 4.99 Å². The predicted octanol–water partition coefficient (Wildman–Crippen LogP) is 4.00. The summed E-state index contributed by atoms with van der Waals surface area (Å²) in [4.78, 5) is 21.9. The van der Waals surface area contributed by atoms with Crippen LogP contribution in [0.25, 0.3) is 6.08 Å². The summed E-state index contributed by atoms with van der Waals surface area (Å²) in [6.07, 6.45) is 5.72. The zero-order valence-corrected chi connectivity index (χ0v) is 16.6. The summed E-state index contributed by atoms with van der Waals surface area (Å²) in [6, 6.07) is 6.26. The Balaban J connectivity index is 1.88. The van der Waals surface area contributed by atoms with Crippen LogP contribution in [0, 0.1) is 0 Å². The first-order chi connectivity index (χ1) is 12.7. The minimum absolute atomic E-state index is 0.0202. The molecule has 0 saturated carbocycles. The van der Waals surface area contributed by atoms with E-state index in [1.54, 1.807) is 12.0 Å². The molecule has 3 rings (SSSR count). The van der Waals surface area contributed by atoms with E-state index in [-0.39, 0.29) is 5.91 Å². The second-order valence-corrected chi connectivity index (χ2v) is 7.40. The van der Waals surface area contributed by atoms with Gasteiger partial charge in [0.25, 0.3) is 5.91 Å². The van der Waals surface area contributed by atoms with Gasteiger partial charge in [0, 0.05) is 43.5 Å². The topological polar surface area (TPSA) is 45.1 Å². The molecule has 6 heteroatoms. The van der Waals surface area contributed by atoms with Gasteiger partial charge in [-0.15, -0.1) is 0 Å². The van der Waals surface area contributed by atoms with Crippen LogP contribution in [0.15, 0.2) is 28.1 Å². The maximum atomic E-state index is 12.6. The molecule has 140 valence electrons. The van der Waals surface area contributed by atoms with Crippen LogP contribution in [0.1, 0.15) is 38.7 Å². The second-order valence-electron chi connectivity index (χ2n) is 6.39. The van der Waals surface area contributed by atoms with Crippen molar-refractivity contribution in [2.45, 2.75) is 33.1 Å². The fraction of sp³-hybridized carbons (Fsp3) is 0.500. The van der Waals surface area contributed by atoms with Gasteiger partial charge in [-0.05, 0) is 63.1 Å². The number of ether oxygens (including phenoxy) is 1. The zero-order valence-electron chi connectivity index (χ0n) is 15.8. The number of thioether (sulfide) groups is 1. The fourth-order valence-corrected chi connectivity index (χ4v) is 4.44. The SMILES string of the molecule is CCN=C1S/C(=C\c2ccc(N3CCCCC3)cc2OC)C(=O)N1CC. The number of anilines is 1. The van der Waals surface area contributed by atoms with Crippen LogP contribution < -0.4 is 9.64 Å². The molecule has 0 spiro atoms. The summed E-state index contributed by atoms with van der Waals surface area (Å²) in [5, 5.41) is 0.787. The first-order valence-corrected chi connectivity index (χ1v) is 10.2. The van der Waals surface area contributed by atoms with Gasteiger partial charge < -0.3 is 9.64 Å². The molecule has 0 unspecified atom stereocenters. The number of carbonyl (C=O) groups is 1. The van der Waals surface area contributed by atoms with Crippen molar-refractivity contribution in [3.05, 3.63) is 28.7 Å². The van der Waals surface area contributed by atoms with Crippen LogP contribution in [0.5, 0.6) is 5.75 Å². The molecule has 0 N–H and O–H groups in total. The lowest BCUT2D eigenvalue weighted by atomic mass is 10.1. The van der Waals surface area contributed by atoms with Crippen molar-refractivity contribution in [1.29, 1.82) is 0 Å². The highest BCUT2D eigenvalue weighted by Crippen LogP contribution is 2.35. The van der Waals surface area contributed by atoms with Gasteiger partial charge in [-0.3, -0.25) is 14.7 Å². The molecule has 0 radical (unpaired) electrons. The highest BCUT2D eigenvalue weighted by Gasteiger charge is 2.32. The normalized spacial score (nSPS) is 21.1. The molecule has 2 aliphatic rings. The Morgan fingerprint density at radius 1 is 1.23 bits per heavy atom. The van der Waals surface area contributed by atoms with E-state index < -0.39 is 0 Å². The summed E-state index contributed by atoms with van der Waals surface area (Å²) < 4.78 is 5.61. The smallest absolute Gasteiger partial charge is 0.266 e. The summed E-state index contributed by atoms with van der Waals surface area (Å²) in [7, 11) is 1.68. The van der Waals surface area contributed by atoms with E-state index in [2.05, 4.69) is 28.1 Å². The van der Waals surface area contributed by atoms with Gasteiger partial charge in [-0.25, -0.2) is 0 Å². The van der Waals surface area contributed by atoms with Crippen molar-refractivity contribution in [3.8, 4) is 5.75 Å². The highest BCUT2D eigenvalue weighted by molar-refractivity contribution is 8.18. The minimum Gasteiger partial charge on any atom is -0.496 e. The third kappa shape index (κ3) is 3.90. The van der Waals surface area contributed by atoms with Crippen LogP contribution in [0.3, 0.4) is 0 Å². The lowest BCUT2D eigenvalue weighted by molar-refractivity contribution is -0.122. The van der Waals surface area contributed by atoms with Crippen molar-refractivity contribution >= 4 is 34.6 Å². The number of rotatable bonds is 5. The molecule has 0 aliphatic carbocycles. The maximum absolute atomic E-state index is 12.6.